The van der Waals surface area contributed by atoms with Gasteiger partial charge < -0.3 is 0 Å². The van der Waals surface area contributed by atoms with E-state index in [1.54, 1.807) is 0 Å². The molecule has 0 aliphatic heterocycles. The number of carbonyl (C=O) groups is 1. The van der Waals surface area contributed by atoms with Gasteiger partial charge in [-0.3, -0.25) is 4.79 Å². The molecule has 100 valence electrons. The van der Waals surface area contributed by atoms with Gasteiger partial charge in [0, 0.05) is 13.0 Å². The topological polar surface area (TPSA) is 47.8 Å². The normalized spacial score (nSPS) is 10.6. The molecule has 2 rings (SSSR count). The molecule has 1 heterocycles. The van der Waals surface area contributed by atoms with Crippen molar-refractivity contribution < 1.29 is 4.79 Å². The van der Waals surface area contributed by atoms with Crippen molar-refractivity contribution in [1.82, 2.24) is 14.8 Å². The van der Waals surface area contributed by atoms with Crippen LogP contribution in [-0.2, 0) is 24.2 Å². The van der Waals surface area contributed by atoms with E-state index in [-0.39, 0.29) is 5.78 Å². The minimum absolute atomic E-state index is 0.180. The highest BCUT2D eigenvalue weighted by Gasteiger charge is 2.11. The van der Waals surface area contributed by atoms with Crippen LogP contribution in [0.3, 0.4) is 0 Å². The van der Waals surface area contributed by atoms with Gasteiger partial charge in [0.25, 0.3) is 0 Å². The Bertz CT molecular complexity index is 560. The van der Waals surface area contributed by atoms with Crippen LogP contribution in [-0.4, -0.2) is 20.5 Å². The van der Waals surface area contributed by atoms with E-state index in [0.717, 1.165) is 29.9 Å². The molecule has 1 aromatic carbocycles. The van der Waals surface area contributed by atoms with Crippen molar-refractivity contribution in [3.05, 3.63) is 47.5 Å². The molecule has 0 amide bonds. The zero-order chi connectivity index (χ0) is 13.7. The molecule has 0 bridgehead atoms. The monoisotopic (exact) mass is 257 g/mol. The van der Waals surface area contributed by atoms with Crippen LogP contribution in [0.15, 0.2) is 30.6 Å². The standard InChI is InChI=1S/C15H19N3O/c1-3-8-18-15(16-11-17-18)10-14(19)9-13-7-5-4-6-12(13)2/h4-7,11H,3,8-10H2,1-2H3. The molecule has 0 aliphatic rings. The molecule has 2 aromatic rings. The molecule has 0 unspecified atom stereocenters. The van der Waals surface area contributed by atoms with Gasteiger partial charge in [-0.25, -0.2) is 9.67 Å². The highest BCUT2D eigenvalue weighted by molar-refractivity contribution is 5.82. The van der Waals surface area contributed by atoms with Crippen LogP contribution in [0.25, 0.3) is 0 Å². The van der Waals surface area contributed by atoms with Crippen molar-refractivity contribution in [3.63, 3.8) is 0 Å². The molecule has 0 saturated carbocycles. The summed E-state index contributed by atoms with van der Waals surface area (Å²) in [5, 5.41) is 4.14. The van der Waals surface area contributed by atoms with Crippen LogP contribution < -0.4 is 0 Å². The van der Waals surface area contributed by atoms with Crippen LogP contribution in [0, 0.1) is 6.92 Å². The van der Waals surface area contributed by atoms with E-state index in [1.165, 1.54) is 6.33 Å². The third-order valence-corrected chi connectivity index (χ3v) is 3.14. The number of nitrogens with zero attached hydrogens (tertiary/aromatic N) is 3. The van der Waals surface area contributed by atoms with Gasteiger partial charge >= 0.3 is 0 Å². The smallest absolute Gasteiger partial charge is 0.144 e. The largest absolute Gasteiger partial charge is 0.299 e. The zero-order valence-electron chi connectivity index (χ0n) is 11.5. The van der Waals surface area contributed by atoms with Crippen molar-refractivity contribution in [2.45, 2.75) is 39.7 Å². The van der Waals surface area contributed by atoms with E-state index in [0.29, 0.717) is 12.8 Å². The first-order valence-corrected chi connectivity index (χ1v) is 6.63. The maximum Gasteiger partial charge on any atom is 0.144 e. The fraction of sp³-hybridized carbons (Fsp3) is 0.400. The van der Waals surface area contributed by atoms with Crippen molar-refractivity contribution in [2.24, 2.45) is 0 Å². The number of rotatable bonds is 6. The molecule has 0 fully saturated rings. The molecule has 19 heavy (non-hydrogen) atoms. The van der Waals surface area contributed by atoms with Gasteiger partial charge in [0.1, 0.15) is 17.9 Å². The second-order valence-corrected chi connectivity index (χ2v) is 4.72. The lowest BCUT2D eigenvalue weighted by atomic mass is 10.0. The Morgan fingerprint density at radius 1 is 1.26 bits per heavy atom. The van der Waals surface area contributed by atoms with Gasteiger partial charge in [0.05, 0.1) is 6.42 Å². The maximum atomic E-state index is 12.1. The summed E-state index contributed by atoms with van der Waals surface area (Å²) in [5.41, 5.74) is 2.25. The van der Waals surface area contributed by atoms with Crippen LogP contribution in [0.4, 0.5) is 0 Å². The summed E-state index contributed by atoms with van der Waals surface area (Å²) in [7, 11) is 0. The van der Waals surface area contributed by atoms with Crippen molar-refractivity contribution in [3.8, 4) is 0 Å². The van der Waals surface area contributed by atoms with E-state index in [9.17, 15) is 4.79 Å². The quantitative estimate of drug-likeness (QED) is 0.798. The minimum Gasteiger partial charge on any atom is -0.299 e. The number of aromatic nitrogens is 3. The number of hydrogen-bond acceptors (Lipinski definition) is 3. The number of ketones is 1. The summed E-state index contributed by atoms with van der Waals surface area (Å²) in [6, 6.07) is 7.99. The molecular formula is C15H19N3O. The van der Waals surface area contributed by atoms with Crippen LogP contribution >= 0.6 is 0 Å². The zero-order valence-corrected chi connectivity index (χ0v) is 11.5. The highest BCUT2D eigenvalue weighted by Crippen LogP contribution is 2.09. The molecule has 1 aromatic heterocycles. The predicted octanol–water partition coefficient (Wildman–Crippen LogP) is 2.35. The number of benzene rings is 1. The van der Waals surface area contributed by atoms with Crippen LogP contribution in [0.5, 0.6) is 0 Å². The highest BCUT2D eigenvalue weighted by atomic mass is 16.1. The van der Waals surface area contributed by atoms with Crippen LogP contribution in [0.1, 0.15) is 30.3 Å². The number of Topliss-reactive ketones (excluding diaryl/α,β-unsaturated/α-hetero) is 1. The Labute approximate surface area is 113 Å². The second-order valence-electron chi connectivity index (χ2n) is 4.72. The molecule has 4 heteroatoms. The molecule has 0 radical (unpaired) electrons. The molecule has 0 aliphatic carbocycles. The first-order valence-electron chi connectivity index (χ1n) is 6.63. The van der Waals surface area contributed by atoms with E-state index in [2.05, 4.69) is 17.0 Å². The Kier molecular flexibility index (Phi) is 4.44. The number of aryl methyl sites for hydroxylation is 2. The summed E-state index contributed by atoms with van der Waals surface area (Å²) in [4.78, 5) is 16.3. The lowest BCUT2D eigenvalue weighted by Gasteiger charge is -2.06. The molecule has 0 N–H and O–H groups in total. The molecule has 4 nitrogen and oxygen atoms in total. The number of hydrogen-bond donors (Lipinski definition) is 0. The lowest BCUT2D eigenvalue weighted by Crippen LogP contribution is -2.13. The van der Waals surface area contributed by atoms with E-state index < -0.39 is 0 Å². The van der Waals surface area contributed by atoms with E-state index in [1.807, 2.05) is 35.9 Å². The first-order chi connectivity index (χ1) is 9.20. The van der Waals surface area contributed by atoms with Gasteiger partial charge in [-0.2, -0.15) is 5.10 Å². The Morgan fingerprint density at radius 2 is 2.05 bits per heavy atom. The summed E-state index contributed by atoms with van der Waals surface area (Å²) < 4.78 is 1.82. The molecular weight excluding hydrogens is 238 g/mol. The van der Waals surface area contributed by atoms with Gasteiger partial charge in [0.2, 0.25) is 0 Å². The average Bonchev–Trinajstić information content (AvgIpc) is 2.80. The van der Waals surface area contributed by atoms with Gasteiger partial charge in [0.15, 0.2) is 0 Å². The predicted molar refractivity (Wildman–Crippen MR) is 73.9 cm³/mol. The third-order valence-electron chi connectivity index (χ3n) is 3.14. The molecule has 0 spiro atoms. The van der Waals surface area contributed by atoms with Gasteiger partial charge in [-0.15, -0.1) is 0 Å². The Hall–Kier alpha value is -1.97. The van der Waals surface area contributed by atoms with Crippen molar-refractivity contribution >= 4 is 5.78 Å². The Morgan fingerprint density at radius 3 is 2.79 bits per heavy atom. The summed E-state index contributed by atoms with van der Waals surface area (Å²) in [6.07, 6.45) is 3.33. The second kappa shape index (κ2) is 6.27. The summed E-state index contributed by atoms with van der Waals surface area (Å²) in [6.45, 7) is 4.93. The van der Waals surface area contributed by atoms with Crippen molar-refractivity contribution in [2.75, 3.05) is 0 Å². The molecule has 0 atom stereocenters. The van der Waals surface area contributed by atoms with Crippen molar-refractivity contribution in [1.29, 1.82) is 0 Å². The number of carbonyl (C=O) groups excluding carboxylic acids is 1. The van der Waals surface area contributed by atoms with E-state index >= 15 is 0 Å². The minimum atomic E-state index is 0.180. The lowest BCUT2D eigenvalue weighted by molar-refractivity contribution is -0.117. The molecule has 0 saturated heterocycles. The summed E-state index contributed by atoms with van der Waals surface area (Å²) >= 11 is 0. The van der Waals surface area contributed by atoms with Gasteiger partial charge in [-0.05, 0) is 24.5 Å². The Balaban J connectivity index is 2.02. The fourth-order valence-corrected chi connectivity index (χ4v) is 2.08. The average molecular weight is 257 g/mol. The van der Waals surface area contributed by atoms with Gasteiger partial charge in [-0.1, -0.05) is 31.2 Å². The summed E-state index contributed by atoms with van der Waals surface area (Å²) in [5.74, 6) is 0.945. The maximum absolute atomic E-state index is 12.1. The SMILES string of the molecule is CCCn1ncnc1CC(=O)Cc1ccccc1C. The fourth-order valence-electron chi connectivity index (χ4n) is 2.08. The third kappa shape index (κ3) is 3.50. The first kappa shape index (κ1) is 13.5. The van der Waals surface area contributed by atoms with Crippen LogP contribution in [0.2, 0.25) is 0 Å². The van der Waals surface area contributed by atoms with E-state index in [4.69, 9.17) is 0 Å².